The molecule has 0 atom stereocenters. The van der Waals surface area contributed by atoms with Gasteiger partial charge < -0.3 is 14.3 Å². The van der Waals surface area contributed by atoms with Crippen LogP contribution in [0.2, 0.25) is 0 Å². The van der Waals surface area contributed by atoms with Gasteiger partial charge in [0.1, 0.15) is 0 Å². The first kappa shape index (κ1) is 13.6. The molecule has 0 radical (unpaired) electrons. The van der Waals surface area contributed by atoms with E-state index < -0.39 is 5.97 Å². The summed E-state index contributed by atoms with van der Waals surface area (Å²) in [5, 5.41) is 19.1. The summed E-state index contributed by atoms with van der Waals surface area (Å²) in [6, 6.07) is 6.64. The zero-order valence-electron chi connectivity index (χ0n) is 10.5. The summed E-state index contributed by atoms with van der Waals surface area (Å²) in [6.45, 7) is 2.04. The number of benzene rings is 1. The Labute approximate surface area is 115 Å². The number of aromatic nitrogens is 2. The van der Waals surface area contributed by atoms with Crippen molar-refractivity contribution in [1.82, 2.24) is 10.2 Å². The number of thioether (sulfide) groups is 1. The maximum atomic E-state index is 10.7. The highest BCUT2D eigenvalue weighted by Gasteiger charge is 2.06. The van der Waals surface area contributed by atoms with Gasteiger partial charge in [-0.3, -0.25) is 0 Å². The number of carbonyl (C=O) groups is 1. The average molecular weight is 277 g/mol. The molecule has 0 unspecified atom stereocenters. The number of hydrogen-bond acceptors (Lipinski definition) is 6. The standard InChI is InChI=1S/C13H14N2O3S/c1-2-4-11-14-15-13(18-11)19-8-9-5-3-6-10(7-9)12(16)17/h3,5-7H,2,4,8H2,1H3,(H,16,17)/p-1. The Morgan fingerprint density at radius 3 is 3.00 bits per heavy atom. The summed E-state index contributed by atoms with van der Waals surface area (Å²) in [6.07, 6.45) is 1.73. The van der Waals surface area contributed by atoms with Gasteiger partial charge in [-0.05, 0) is 23.6 Å². The van der Waals surface area contributed by atoms with Crippen molar-refractivity contribution in [2.45, 2.75) is 30.7 Å². The number of aromatic carboxylic acids is 1. The molecule has 100 valence electrons. The number of carbonyl (C=O) groups excluding carboxylic acids is 1. The SMILES string of the molecule is CCCc1nnc(SCc2cccc(C(=O)[O-])c2)o1. The van der Waals surface area contributed by atoms with E-state index in [1.807, 2.05) is 13.0 Å². The first-order chi connectivity index (χ1) is 9.19. The van der Waals surface area contributed by atoms with Crippen LogP contribution < -0.4 is 5.11 Å². The summed E-state index contributed by atoms with van der Waals surface area (Å²) < 4.78 is 5.44. The molecular formula is C13H13N2O3S-. The van der Waals surface area contributed by atoms with Crippen molar-refractivity contribution >= 4 is 17.7 Å². The second-order valence-electron chi connectivity index (χ2n) is 3.99. The third-order valence-electron chi connectivity index (χ3n) is 2.44. The number of carboxylic acid groups (broad SMARTS) is 1. The van der Waals surface area contributed by atoms with E-state index in [4.69, 9.17) is 4.42 Å². The zero-order valence-corrected chi connectivity index (χ0v) is 11.3. The monoisotopic (exact) mass is 277 g/mol. The largest absolute Gasteiger partial charge is 0.545 e. The highest BCUT2D eigenvalue weighted by atomic mass is 32.2. The average Bonchev–Trinajstić information content (AvgIpc) is 2.85. The lowest BCUT2D eigenvalue weighted by Crippen LogP contribution is -2.22. The van der Waals surface area contributed by atoms with E-state index in [0.717, 1.165) is 18.4 Å². The molecule has 0 saturated heterocycles. The summed E-state index contributed by atoms with van der Waals surface area (Å²) in [5.74, 6) is 0.0397. The normalized spacial score (nSPS) is 10.6. The van der Waals surface area contributed by atoms with Gasteiger partial charge >= 0.3 is 0 Å². The molecule has 0 aliphatic heterocycles. The third kappa shape index (κ3) is 3.82. The van der Waals surface area contributed by atoms with Gasteiger partial charge in [0.25, 0.3) is 5.22 Å². The van der Waals surface area contributed by atoms with Crippen molar-refractivity contribution in [3.63, 3.8) is 0 Å². The molecule has 0 amide bonds. The molecular weight excluding hydrogens is 264 g/mol. The van der Waals surface area contributed by atoms with Gasteiger partial charge in [0, 0.05) is 12.2 Å². The first-order valence-electron chi connectivity index (χ1n) is 5.94. The highest BCUT2D eigenvalue weighted by molar-refractivity contribution is 7.98. The van der Waals surface area contributed by atoms with Crippen LogP contribution in [-0.4, -0.2) is 16.2 Å². The minimum atomic E-state index is -1.17. The van der Waals surface area contributed by atoms with E-state index in [1.54, 1.807) is 12.1 Å². The van der Waals surface area contributed by atoms with Crippen LogP contribution in [0, 0.1) is 0 Å². The van der Waals surface area contributed by atoms with Crippen LogP contribution in [0.3, 0.4) is 0 Å². The van der Waals surface area contributed by atoms with Crippen LogP contribution in [0.5, 0.6) is 0 Å². The second kappa shape index (κ2) is 6.38. The van der Waals surface area contributed by atoms with Crippen LogP contribution in [-0.2, 0) is 12.2 Å². The molecule has 0 aliphatic carbocycles. The number of rotatable bonds is 6. The molecule has 19 heavy (non-hydrogen) atoms. The molecule has 0 spiro atoms. The fraction of sp³-hybridized carbons (Fsp3) is 0.308. The fourth-order valence-electron chi connectivity index (χ4n) is 1.54. The van der Waals surface area contributed by atoms with E-state index >= 15 is 0 Å². The molecule has 5 nitrogen and oxygen atoms in total. The summed E-state index contributed by atoms with van der Waals surface area (Å²) in [7, 11) is 0. The van der Waals surface area contributed by atoms with Gasteiger partial charge in [-0.2, -0.15) is 0 Å². The Kier molecular flexibility index (Phi) is 4.57. The van der Waals surface area contributed by atoms with E-state index in [0.29, 0.717) is 16.9 Å². The van der Waals surface area contributed by atoms with Gasteiger partial charge in [0.05, 0.1) is 5.97 Å². The molecule has 2 rings (SSSR count). The van der Waals surface area contributed by atoms with Gasteiger partial charge in [-0.15, -0.1) is 10.2 Å². The molecule has 6 heteroatoms. The quantitative estimate of drug-likeness (QED) is 0.747. The fourth-order valence-corrected chi connectivity index (χ4v) is 2.27. The molecule has 0 bridgehead atoms. The Morgan fingerprint density at radius 2 is 2.26 bits per heavy atom. The lowest BCUT2D eigenvalue weighted by Gasteiger charge is -2.04. The van der Waals surface area contributed by atoms with Crippen molar-refractivity contribution < 1.29 is 14.3 Å². The summed E-state index contributed by atoms with van der Waals surface area (Å²) in [4.78, 5) is 10.7. The third-order valence-corrected chi connectivity index (χ3v) is 3.33. The highest BCUT2D eigenvalue weighted by Crippen LogP contribution is 2.22. The van der Waals surface area contributed by atoms with Crippen molar-refractivity contribution in [3.05, 3.63) is 41.3 Å². The molecule has 2 aromatic rings. The van der Waals surface area contributed by atoms with Crippen LogP contribution in [0.25, 0.3) is 0 Å². The van der Waals surface area contributed by atoms with E-state index in [1.165, 1.54) is 17.8 Å². The predicted molar refractivity (Wildman–Crippen MR) is 68.6 cm³/mol. The van der Waals surface area contributed by atoms with Crippen molar-refractivity contribution in [1.29, 1.82) is 0 Å². The number of hydrogen-bond donors (Lipinski definition) is 0. The summed E-state index contributed by atoms with van der Waals surface area (Å²) in [5.41, 5.74) is 1.05. The van der Waals surface area contributed by atoms with E-state index in [-0.39, 0.29) is 5.56 Å². The molecule has 1 aromatic heterocycles. The Morgan fingerprint density at radius 1 is 1.42 bits per heavy atom. The molecule has 0 fully saturated rings. The lowest BCUT2D eigenvalue weighted by molar-refractivity contribution is -0.255. The maximum Gasteiger partial charge on any atom is 0.276 e. The van der Waals surface area contributed by atoms with Crippen LogP contribution in [0.15, 0.2) is 33.9 Å². The smallest absolute Gasteiger partial charge is 0.276 e. The molecule has 0 aliphatic rings. The van der Waals surface area contributed by atoms with Gasteiger partial charge in [-0.1, -0.05) is 36.9 Å². The van der Waals surface area contributed by atoms with Gasteiger partial charge in [-0.25, -0.2) is 0 Å². The Bertz CT molecular complexity index is 569. The van der Waals surface area contributed by atoms with Crippen LogP contribution in [0.4, 0.5) is 0 Å². The maximum absolute atomic E-state index is 10.7. The molecule has 0 saturated carbocycles. The Hall–Kier alpha value is -1.82. The number of aryl methyl sites for hydroxylation is 1. The molecule has 1 heterocycles. The minimum absolute atomic E-state index is 0.176. The second-order valence-corrected chi connectivity index (χ2v) is 4.91. The zero-order chi connectivity index (χ0) is 13.7. The summed E-state index contributed by atoms with van der Waals surface area (Å²) >= 11 is 1.39. The minimum Gasteiger partial charge on any atom is -0.545 e. The van der Waals surface area contributed by atoms with E-state index in [9.17, 15) is 9.90 Å². The van der Waals surface area contributed by atoms with Crippen molar-refractivity contribution in [2.75, 3.05) is 0 Å². The van der Waals surface area contributed by atoms with Crippen LogP contribution >= 0.6 is 11.8 Å². The van der Waals surface area contributed by atoms with Gasteiger partial charge in [0.2, 0.25) is 5.89 Å². The Balaban J connectivity index is 1.97. The molecule has 0 N–H and O–H groups in total. The van der Waals surface area contributed by atoms with Crippen molar-refractivity contribution in [3.8, 4) is 0 Å². The van der Waals surface area contributed by atoms with E-state index in [2.05, 4.69) is 10.2 Å². The van der Waals surface area contributed by atoms with Gasteiger partial charge in [0.15, 0.2) is 0 Å². The topological polar surface area (TPSA) is 79.0 Å². The number of carboxylic acids is 1. The number of nitrogens with zero attached hydrogens (tertiary/aromatic N) is 2. The van der Waals surface area contributed by atoms with Crippen LogP contribution in [0.1, 0.15) is 35.2 Å². The lowest BCUT2D eigenvalue weighted by atomic mass is 10.1. The van der Waals surface area contributed by atoms with Crippen molar-refractivity contribution in [2.24, 2.45) is 0 Å². The predicted octanol–water partition coefficient (Wildman–Crippen LogP) is 1.68. The first-order valence-corrected chi connectivity index (χ1v) is 6.93. The molecule has 1 aromatic carbocycles.